The highest BCUT2D eigenvalue weighted by Crippen LogP contribution is 2.24. The maximum Gasteiger partial charge on any atom is 0.122 e. The number of hydrogen-bond donors (Lipinski definition) is 1. The van der Waals surface area contributed by atoms with Gasteiger partial charge in [0.1, 0.15) is 6.29 Å². The van der Waals surface area contributed by atoms with E-state index in [9.17, 15) is 9.18 Å². The summed E-state index contributed by atoms with van der Waals surface area (Å²) >= 11 is 0. The fourth-order valence-corrected chi connectivity index (χ4v) is 0.832. The molecule has 0 fully saturated rings. The van der Waals surface area contributed by atoms with Crippen LogP contribution in [0.5, 0.6) is 0 Å². The van der Waals surface area contributed by atoms with Gasteiger partial charge in [0, 0.05) is 11.3 Å². The zero-order valence-corrected chi connectivity index (χ0v) is 7.72. The maximum absolute atomic E-state index is 12.3. The summed E-state index contributed by atoms with van der Waals surface area (Å²) in [5.41, 5.74) is -0.655. The van der Waals surface area contributed by atoms with E-state index in [1.165, 1.54) is 0 Å². The van der Waals surface area contributed by atoms with Gasteiger partial charge in [-0.2, -0.15) is 0 Å². The molecule has 1 N–H and O–H groups in total. The van der Waals surface area contributed by atoms with E-state index in [4.69, 9.17) is 5.11 Å². The lowest BCUT2D eigenvalue weighted by Crippen LogP contribution is -2.24. The highest BCUT2D eigenvalue weighted by atomic mass is 19.1. The van der Waals surface area contributed by atoms with Crippen LogP contribution in [0.1, 0.15) is 26.7 Å². The van der Waals surface area contributed by atoms with Crippen LogP contribution in [0.2, 0.25) is 0 Å². The van der Waals surface area contributed by atoms with Crippen LogP contribution in [-0.2, 0) is 4.79 Å². The van der Waals surface area contributed by atoms with Gasteiger partial charge in [-0.1, -0.05) is 13.8 Å². The van der Waals surface area contributed by atoms with Crippen molar-refractivity contribution < 1.29 is 14.3 Å². The van der Waals surface area contributed by atoms with Crippen molar-refractivity contribution in [2.24, 2.45) is 11.3 Å². The smallest absolute Gasteiger partial charge is 0.122 e. The molecule has 0 heterocycles. The minimum Gasteiger partial charge on any atom is -0.396 e. The third-order valence-electron chi connectivity index (χ3n) is 2.14. The van der Waals surface area contributed by atoms with Crippen molar-refractivity contribution in [2.75, 3.05) is 13.3 Å². The van der Waals surface area contributed by atoms with Crippen LogP contribution < -0.4 is 0 Å². The van der Waals surface area contributed by atoms with E-state index < -0.39 is 12.1 Å². The minimum absolute atomic E-state index is 0.0394. The third kappa shape index (κ3) is 3.81. The zero-order valence-electron chi connectivity index (χ0n) is 7.72. The van der Waals surface area contributed by atoms with E-state index in [1.54, 1.807) is 13.8 Å². The van der Waals surface area contributed by atoms with Crippen LogP contribution in [0, 0.1) is 11.3 Å². The van der Waals surface area contributed by atoms with Crippen LogP contribution >= 0.6 is 0 Å². The number of carbonyl (C=O) groups is 1. The standard InChI is InChI=1S/C9H17FO2/c1-8(5-11)3-4-9(2,6-10)7-12/h5,8,12H,3-4,6-7H2,1-2H3. The SMILES string of the molecule is CC(C=O)CCC(C)(CO)CF. The molecule has 0 aromatic carbocycles. The molecule has 2 nitrogen and oxygen atoms in total. The van der Waals surface area contributed by atoms with E-state index in [2.05, 4.69) is 0 Å². The van der Waals surface area contributed by atoms with Gasteiger partial charge >= 0.3 is 0 Å². The van der Waals surface area contributed by atoms with Crippen LogP contribution in [0.15, 0.2) is 0 Å². The minimum atomic E-state index is -0.655. The summed E-state index contributed by atoms with van der Waals surface area (Å²) in [6.45, 7) is 2.79. The van der Waals surface area contributed by atoms with Gasteiger partial charge in [-0.15, -0.1) is 0 Å². The molecular formula is C9H17FO2. The van der Waals surface area contributed by atoms with Crippen molar-refractivity contribution in [3.63, 3.8) is 0 Å². The summed E-state index contributed by atoms with van der Waals surface area (Å²) in [6, 6.07) is 0. The van der Waals surface area contributed by atoms with Crippen molar-refractivity contribution in [2.45, 2.75) is 26.7 Å². The molecule has 0 radical (unpaired) electrons. The van der Waals surface area contributed by atoms with Crippen molar-refractivity contribution in [1.29, 1.82) is 0 Å². The maximum atomic E-state index is 12.3. The lowest BCUT2D eigenvalue weighted by Gasteiger charge is -2.23. The number of aldehydes is 1. The number of hydrogen-bond acceptors (Lipinski definition) is 2. The average molecular weight is 176 g/mol. The first-order valence-corrected chi connectivity index (χ1v) is 4.20. The predicted octanol–water partition coefficient (Wildman–Crippen LogP) is 1.57. The molecular weight excluding hydrogens is 159 g/mol. The Morgan fingerprint density at radius 1 is 1.67 bits per heavy atom. The van der Waals surface area contributed by atoms with Gasteiger partial charge in [0.05, 0.1) is 13.3 Å². The van der Waals surface area contributed by atoms with E-state index in [-0.39, 0.29) is 12.5 Å². The van der Waals surface area contributed by atoms with Crippen molar-refractivity contribution in [1.82, 2.24) is 0 Å². The predicted molar refractivity (Wildman–Crippen MR) is 45.6 cm³/mol. The Balaban J connectivity index is 3.79. The Labute approximate surface area is 72.8 Å². The van der Waals surface area contributed by atoms with Crippen molar-refractivity contribution in [3.05, 3.63) is 0 Å². The molecule has 3 heteroatoms. The molecule has 0 aliphatic carbocycles. The van der Waals surface area contributed by atoms with Crippen LogP contribution in [-0.4, -0.2) is 24.7 Å². The second-order valence-corrected chi connectivity index (χ2v) is 3.75. The monoisotopic (exact) mass is 176 g/mol. The van der Waals surface area contributed by atoms with Crippen LogP contribution in [0.25, 0.3) is 0 Å². The summed E-state index contributed by atoms with van der Waals surface area (Å²) in [5, 5.41) is 8.84. The fraction of sp³-hybridized carbons (Fsp3) is 0.889. The number of carbonyl (C=O) groups excluding carboxylic acids is 1. The molecule has 0 saturated carbocycles. The molecule has 0 aromatic heterocycles. The summed E-state index contributed by atoms with van der Waals surface area (Å²) in [6.07, 6.45) is 2.06. The molecule has 0 spiro atoms. The second kappa shape index (κ2) is 5.25. The second-order valence-electron chi connectivity index (χ2n) is 3.75. The first-order chi connectivity index (χ1) is 5.58. The molecule has 0 bridgehead atoms. The highest BCUT2D eigenvalue weighted by molar-refractivity contribution is 5.52. The zero-order chi connectivity index (χ0) is 9.61. The lowest BCUT2D eigenvalue weighted by atomic mass is 9.85. The number of aliphatic hydroxyl groups is 1. The van der Waals surface area contributed by atoms with Gasteiger partial charge in [0.15, 0.2) is 0 Å². The Morgan fingerprint density at radius 2 is 2.25 bits per heavy atom. The molecule has 0 amide bonds. The number of halogens is 1. The summed E-state index contributed by atoms with van der Waals surface area (Å²) in [4.78, 5) is 10.2. The van der Waals surface area contributed by atoms with E-state index >= 15 is 0 Å². The lowest BCUT2D eigenvalue weighted by molar-refractivity contribution is -0.111. The molecule has 72 valence electrons. The number of aliphatic hydroxyl groups excluding tert-OH is 1. The summed E-state index contributed by atoms with van der Waals surface area (Å²) < 4.78 is 12.3. The molecule has 0 aliphatic heterocycles. The van der Waals surface area contributed by atoms with Gasteiger partial charge < -0.3 is 9.90 Å². The molecule has 2 atom stereocenters. The molecule has 12 heavy (non-hydrogen) atoms. The van der Waals surface area contributed by atoms with Gasteiger partial charge in [-0.05, 0) is 12.8 Å². The van der Waals surface area contributed by atoms with Gasteiger partial charge in [0.25, 0.3) is 0 Å². The highest BCUT2D eigenvalue weighted by Gasteiger charge is 2.23. The fourth-order valence-electron chi connectivity index (χ4n) is 0.832. The van der Waals surface area contributed by atoms with Crippen molar-refractivity contribution in [3.8, 4) is 0 Å². The quantitative estimate of drug-likeness (QED) is 0.624. The Kier molecular flexibility index (Phi) is 5.06. The van der Waals surface area contributed by atoms with Crippen LogP contribution in [0.4, 0.5) is 4.39 Å². The van der Waals surface area contributed by atoms with Gasteiger partial charge in [-0.25, -0.2) is 0 Å². The Hall–Kier alpha value is -0.440. The molecule has 2 unspecified atom stereocenters. The van der Waals surface area contributed by atoms with Crippen molar-refractivity contribution >= 4 is 6.29 Å². The molecule has 0 rings (SSSR count). The number of rotatable bonds is 6. The van der Waals surface area contributed by atoms with Gasteiger partial charge in [0.2, 0.25) is 0 Å². The summed E-state index contributed by atoms with van der Waals surface area (Å²) in [5.74, 6) is -0.0394. The first kappa shape index (κ1) is 11.6. The number of alkyl halides is 1. The Bertz CT molecular complexity index is 132. The molecule has 0 aromatic rings. The van der Waals surface area contributed by atoms with E-state index in [0.29, 0.717) is 12.8 Å². The van der Waals surface area contributed by atoms with E-state index in [1.807, 2.05) is 0 Å². The Morgan fingerprint density at radius 3 is 2.58 bits per heavy atom. The van der Waals surface area contributed by atoms with Gasteiger partial charge in [-0.3, -0.25) is 4.39 Å². The molecule has 0 saturated heterocycles. The topological polar surface area (TPSA) is 37.3 Å². The van der Waals surface area contributed by atoms with E-state index in [0.717, 1.165) is 6.29 Å². The first-order valence-electron chi connectivity index (χ1n) is 4.20. The average Bonchev–Trinajstić information content (AvgIpc) is 2.13. The van der Waals surface area contributed by atoms with Crippen LogP contribution in [0.3, 0.4) is 0 Å². The third-order valence-corrected chi connectivity index (χ3v) is 2.14. The normalized spacial score (nSPS) is 18.3. The molecule has 0 aliphatic rings. The largest absolute Gasteiger partial charge is 0.396 e. The summed E-state index contributed by atoms with van der Waals surface area (Å²) in [7, 11) is 0.